The zero-order chi connectivity index (χ0) is 21.4. The number of hydrogen-bond acceptors (Lipinski definition) is 6. The van der Waals surface area contributed by atoms with Crippen LogP contribution in [-0.4, -0.2) is 33.1 Å². The van der Waals surface area contributed by atoms with E-state index < -0.39 is 0 Å². The van der Waals surface area contributed by atoms with Crippen LogP contribution < -0.4 is 34.5 Å². The van der Waals surface area contributed by atoms with E-state index in [9.17, 15) is 5.11 Å². The number of aromatic hydroxyl groups is 1. The van der Waals surface area contributed by atoms with E-state index in [-0.39, 0.29) is 35.3 Å². The molecule has 4 aromatic rings. The summed E-state index contributed by atoms with van der Waals surface area (Å²) in [5.41, 5.74) is 5.03. The number of aromatic nitrogens is 3. The Kier molecular flexibility index (Phi) is 7.03. The maximum Gasteiger partial charge on any atom is 1.00 e. The van der Waals surface area contributed by atoms with Crippen LogP contribution in [0.15, 0.2) is 34.7 Å². The molecule has 6 nitrogen and oxygen atoms in total. The normalized spacial score (nSPS) is 15.2. The molecule has 1 N–H and O–H groups in total. The quantitative estimate of drug-likeness (QED) is 0.383. The van der Waals surface area contributed by atoms with Gasteiger partial charge < -0.3 is 20.8 Å². The van der Waals surface area contributed by atoms with E-state index in [0.29, 0.717) is 33.8 Å². The number of aryl methyl sites for hydroxylation is 2. The molecule has 1 saturated carbocycles. The summed E-state index contributed by atoms with van der Waals surface area (Å²) in [4.78, 5) is 16.1. The van der Waals surface area contributed by atoms with Crippen molar-refractivity contribution in [2.75, 3.05) is 18.0 Å². The molecule has 2 aliphatic rings. The second kappa shape index (κ2) is 9.77. The Morgan fingerprint density at radius 3 is 2.28 bits per heavy atom. The van der Waals surface area contributed by atoms with Gasteiger partial charge in [0.2, 0.25) is 0 Å². The van der Waals surface area contributed by atoms with Gasteiger partial charge in [-0.2, -0.15) is 12.8 Å². The van der Waals surface area contributed by atoms with Crippen LogP contribution in [0.4, 0.5) is 5.82 Å². The van der Waals surface area contributed by atoms with Crippen LogP contribution in [-0.2, 0) is 0 Å². The van der Waals surface area contributed by atoms with Crippen molar-refractivity contribution in [1.82, 2.24) is 15.0 Å². The summed E-state index contributed by atoms with van der Waals surface area (Å²) in [6, 6.07) is 9.69. The summed E-state index contributed by atoms with van der Waals surface area (Å²) in [6.45, 7) is 5.77. The number of rotatable bonds is 2. The van der Waals surface area contributed by atoms with Gasteiger partial charge in [0.1, 0.15) is 17.1 Å². The van der Waals surface area contributed by atoms with E-state index >= 15 is 0 Å². The van der Waals surface area contributed by atoms with E-state index in [2.05, 4.69) is 16.3 Å². The molecule has 2 fully saturated rings. The van der Waals surface area contributed by atoms with Gasteiger partial charge in [-0.25, -0.2) is 15.0 Å². The first-order chi connectivity index (χ1) is 15.1. The predicted octanol–water partition coefficient (Wildman–Crippen LogP) is 2.74. The number of benzene rings is 1. The van der Waals surface area contributed by atoms with Crippen molar-refractivity contribution in [3.8, 4) is 17.0 Å². The number of hydrogen-bond donors (Lipinski definition) is 1. The van der Waals surface area contributed by atoms with Crippen molar-refractivity contribution < 1.29 is 39.1 Å². The zero-order valence-electron chi connectivity index (χ0n) is 19.1. The number of fused-ring (bicyclic) bond motifs is 2. The summed E-state index contributed by atoms with van der Waals surface area (Å²) in [7, 11) is 0. The van der Waals surface area contributed by atoms with Crippen LogP contribution in [0.5, 0.6) is 5.75 Å². The number of anilines is 1. The third kappa shape index (κ3) is 4.49. The number of pyridine rings is 2. The van der Waals surface area contributed by atoms with Gasteiger partial charge in [-0.15, -0.1) is 6.42 Å². The molecule has 4 heterocycles. The van der Waals surface area contributed by atoms with E-state index in [0.717, 1.165) is 29.9 Å². The van der Waals surface area contributed by atoms with Crippen molar-refractivity contribution in [2.24, 2.45) is 0 Å². The third-order valence-electron chi connectivity index (χ3n) is 6.05. The smallest absolute Gasteiger partial charge is 0.507 e. The van der Waals surface area contributed by atoms with Gasteiger partial charge in [-0.05, 0) is 50.1 Å². The number of phenols is 1. The summed E-state index contributed by atoms with van der Waals surface area (Å²) < 4.78 is 5.66. The van der Waals surface area contributed by atoms with Gasteiger partial charge in [-0.1, -0.05) is 0 Å². The fraction of sp³-hybridized carbons (Fsp3) is 0.360. The molecule has 0 spiro atoms. The van der Waals surface area contributed by atoms with Crippen LogP contribution in [0.3, 0.4) is 0 Å². The average molecular weight is 439 g/mol. The minimum Gasteiger partial charge on any atom is -0.507 e. The molecule has 32 heavy (non-hydrogen) atoms. The van der Waals surface area contributed by atoms with Crippen LogP contribution >= 0.6 is 0 Å². The average Bonchev–Trinajstić information content (AvgIpc) is 3.38. The van der Waals surface area contributed by atoms with Gasteiger partial charge >= 0.3 is 29.6 Å². The fourth-order valence-corrected chi connectivity index (χ4v) is 3.99. The Hall–Kier alpha value is -2.15. The Morgan fingerprint density at radius 1 is 0.938 bits per heavy atom. The second-order valence-electron chi connectivity index (χ2n) is 8.30. The Morgan fingerprint density at radius 2 is 1.59 bits per heavy atom. The Labute approximate surface area is 210 Å². The largest absolute Gasteiger partial charge is 1.00 e. The molecule has 1 aliphatic heterocycles. The molecule has 0 atom stereocenters. The summed E-state index contributed by atoms with van der Waals surface area (Å²) in [5.74, 6) is 1.77. The van der Waals surface area contributed by atoms with Crippen molar-refractivity contribution in [2.45, 2.75) is 46.0 Å². The van der Waals surface area contributed by atoms with Crippen LogP contribution in [0.25, 0.3) is 33.4 Å². The van der Waals surface area contributed by atoms with E-state index in [4.69, 9.17) is 14.4 Å². The summed E-state index contributed by atoms with van der Waals surface area (Å²) >= 11 is 0. The standard InChI is InChI=1S/C21H20N4O2.C4H7.Na/c1-12-20-18(27-13(2)22-20)11-14(21(12)26)15-5-6-17-16(23-15)7-8-19(24-17)25-9-3-4-10-25;1-2-4-3-1;/h5-8,11,26H,3-4,9-10H2,1-2H3;1H,2-4H2;/q;-1;+1. The number of phenolic OH excluding ortho intramolecular Hbond substituents is 1. The molecule has 6 rings (SSSR count). The summed E-state index contributed by atoms with van der Waals surface area (Å²) in [5, 5.41) is 10.7. The summed E-state index contributed by atoms with van der Waals surface area (Å²) in [6.07, 6.45) is 8.94. The first kappa shape index (κ1) is 23.0. The monoisotopic (exact) mass is 438 g/mol. The fourth-order valence-electron chi connectivity index (χ4n) is 3.99. The molecular weight excluding hydrogens is 411 g/mol. The van der Waals surface area contributed by atoms with E-state index in [1.807, 2.05) is 31.2 Å². The molecule has 1 saturated heterocycles. The molecule has 0 bridgehead atoms. The van der Waals surface area contributed by atoms with Gasteiger partial charge in [0.25, 0.3) is 0 Å². The maximum absolute atomic E-state index is 10.7. The second-order valence-corrected chi connectivity index (χ2v) is 8.30. The van der Waals surface area contributed by atoms with Gasteiger partial charge in [0, 0.05) is 31.1 Å². The zero-order valence-corrected chi connectivity index (χ0v) is 21.1. The molecule has 0 radical (unpaired) electrons. The molecule has 3 aromatic heterocycles. The maximum atomic E-state index is 10.7. The van der Waals surface area contributed by atoms with Gasteiger partial charge in [0.15, 0.2) is 11.5 Å². The van der Waals surface area contributed by atoms with Crippen molar-refractivity contribution in [1.29, 1.82) is 0 Å². The van der Waals surface area contributed by atoms with Crippen LogP contribution in [0.1, 0.15) is 43.6 Å². The van der Waals surface area contributed by atoms with Crippen LogP contribution in [0, 0.1) is 20.3 Å². The van der Waals surface area contributed by atoms with Crippen molar-refractivity contribution >= 4 is 28.0 Å². The third-order valence-corrected chi connectivity index (χ3v) is 6.05. The molecule has 0 unspecified atom stereocenters. The molecule has 7 heteroatoms. The van der Waals surface area contributed by atoms with Gasteiger partial charge in [-0.3, -0.25) is 0 Å². The Balaban J connectivity index is 0.000000444. The topological polar surface area (TPSA) is 75.3 Å². The first-order valence-corrected chi connectivity index (χ1v) is 11.0. The predicted molar refractivity (Wildman–Crippen MR) is 123 cm³/mol. The number of oxazole rings is 1. The molecule has 160 valence electrons. The van der Waals surface area contributed by atoms with Gasteiger partial charge in [0.05, 0.1) is 16.7 Å². The molecule has 1 aliphatic carbocycles. The van der Waals surface area contributed by atoms with E-state index in [1.54, 1.807) is 13.0 Å². The Bertz CT molecular complexity index is 1240. The molecule has 1 aromatic carbocycles. The first-order valence-electron chi connectivity index (χ1n) is 11.0. The van der Waals surface area contributed by atoms with Crippen LogP contribution in [0.2, 0.25) is 0 Å². The minimum absolute atomic E-state index is 0. The van der Waals surface area contributed by atoms with Crippen molar-refractivity contribution in [3.63, 3.8) is 0 Å². The molecular formula is C25H27N4NaO2. The van der Waals surface area contributed by atoms with E-state index in [1.165, 1.54) is 32.1 Å². The number of nitrogens with zero attached hydrogens (tertiary/aromatic N) is 4. The minimum atomic E-state index is 0. The molecule has 0 amide bonds. The van der Waals surface area contributed by atoms with Crippen molar-refractivity contribution in [3.05, 3.63) is 48.2 Å². The SMILES string of the molecule is Cc1nc2c(C)c(O)c(-c3ccc4nc(N5CCCC5)ccc4n3)cc2o1.[CH-]1CCC1.[Na+].